The summed E-state index contributed by atoms with van der Waals surface area (Å²) in [6, 6.07) is 13.7. The van der Waals surface area contributed by atoms with Gasteiger partial charge in [-0.3, -0.25) is 9.36 Å². The van der Waals surface area contributed by atoms with E-state index in [1.807, 2.05) is 29.7 Å². The summed E-state index contributed by atoms with van der Waals surface area (Å²) in [5.41, 5.74) is 2.56. The Balaban J connectivity index is 1.61. The number of ketones is 1. The molecule has 3 aromatic rings. The molecule has 1 aromatic heterocycles. The number of rotatable bonds is 6. The van der Waals surface area contributed by atoms with Crippen LogP contribution in [0.4, 0.5) is 10.3 Å². The molecule has 29 heavy (non-hydrogen) atoms. The molecule has 2 heterocycles. The number of Topliss-reactive ketones (excluding diaryl/α,β-unsaturated/α-hetero) is 1. The summed E-state index contributed by atoms with van der Waals surface area (Å²) < 4.78 is 20.5. The van der Waals surface area contributed by atoms with Crippen LogP contribution in [-0.2, 0) is 4.74 Å². The largest absolute Gasteiger partial charge is 0.378 e. The lowest BCUT2D eigenvalue weighted by Gasteiger charge is -2.28. The number of aromatic nitrogens is 3. The number of thioether (sulfide) groups is 1. The third-order valence-corrected chi connectivity index (χ3v) is 5.60. The van der Waals surface area contributed by atoms with Gasteiger partial charge in [0.05, 0.1) is 24.7 Å². The fourth-order valence-corrected chi connectivity index (χ4v) is 4.01. The molecule has 6 nitrogen and oxygen atoms in total. The van der Waals surface area contributed by atoms with Gasteiger partial charge in [-0.05, 0) is 48.9 Å². The lowest BCUT2D eigenvalue weighted by atomic mass is 10.1. The molecule has 8 heteroatoms. The van der Waals surface area contributed by atoms with Crippen molar-refractivity contribution in [2.75, 3.05) is 37.0 Å². The van der Waals surface area contributed by atoms with Gasteiger partial charge in [0.25, 0.3) is 0 Å². The third kappa shape index (κ3) is 4.49. The number of aryl methyl sites for hydroxylation is 1. The van der Waals surface area contributed by atoms with Crippen molar-refractivity contribution in [3.63, 3.8) is 0 Å². The lowest BCUT2D eigenvalue weighted by molar-refractivity contribution is 0.102. The van der Waals surface area contributed by atoms with E-state index in [9.17, 15) is 9.18 Å². The first-order chi connectivity index (χ1) is 14.1. The van der Waals surface area contributed by atoms with Crippen molar-refractivity contribution in [1.29, 1.82) is 0 Å². The predicted octanol–water partition coefficient (Wildman–Crippen LogP) is 3.53. The zero-order valence-electron chi connectivity index (χ0n) is 16.0. The van der Waals surface area contributed by atoms with Crippen molar-refractivity contribution < 1.29 is 13.9 Å². The van der Waals surface area contributed by atoms with Crippen LogP contribution in [0, 0.1) is 12.7 Å². The highest BCUT2D eigenvalue weighted by Crippen LogP contribution is 2.28. The highest BCUT2D eigenvalue weighted by Gasteiger charge is 2.22. The molecule has 1 fully saturated rings. The molecular weight excluding hydrogens is 391 g/mol. The van der Waals surface area contributed by atoms with Gasteiger partial charge in [0, 0.05) is 18.7 Å². The zero-order valence-corrected chi connectivity index (χ0v) is 16.9. The van der Waals surface area contributed by atoms with Gasteiger partial charge in [0.2, 0.25) is 5.95 Å². The van der Waals surface area contributed by atoms with Crippen LogP contribution >= 0.6 is 11.8 Å². The molecule has 1 saturated heterocycles. The van der Waals surface area contributed by atoms with Gasteiger partial charge < -0.3 is 9.64 Å². The molecule has 0 bridgehead atoms. The van der Waals surface area contributed by atoms with Crippen LogP contribution in [0.2, 0.25) is 0 Å². The molecule has 0 saturated carbocycles. The Labute approximate surface area is 172 Å². The van der Waals surface area contributed by atoms with E-state index in [0.717, 1.165) is 30.3 Å². The molecule has 0 N–H and O–H groups in total. The number of anilines is 1. The first-order valence-electron chi connectivity index (χ1n) is 9.38. The van der Waals surface area contributed by atoms with Crippen molar-refractivity contribution in [3.8, 4) is 5.69 Å². The van der Waals surface area contributed by atoms with Crippen molar-refractivity contribution in [2.24, 2.45) is 0 Å². The number of carbonyl (C=O) groups excluding carboxylic acids is 1. The van der Waals surface area contributed by atoms with Crippen LogP contribution in [0.25, 0.3) is 5.69 Å². The van der Waals surface area contributed by atoms with E-state index >= 15 is 0 Å². The SMILES string of the molecule is Cc1cccc(-n2c(SCC(=O)c3ccc(F)cc3)nnc2N2CCOCC2)c1. The number of halogens is 1. The standard InChI is InChI=1S/C21H21FN4O2S/c1-15-3-2-4-18(13-15)26-20(25-9-11-28-12-10-25)23-24-21(26)29-14-19(27)16-5-7-17(22)8-6-16/h2-8,13H,9-12,14H2,1H3. The molecule has 4 rings (SSSR count). The Morgan fingerprint density at radius 3 is 2.62 bits per heavy atom. The highest BCUT2D eigenvalue weighted by molar-refractivity contribution is 7.99. The quantitative estimate of drug-likeness (QED) is 0.456. The van der Waals surface area contributed by atoms with Gasteiger partial charge in [0.1, 0.15) is 5.82 Å². The summed E-state index contributed by atoms with van der Waals surface area (Å²) in [6.07, 6.45) is 0. The summed E-state index contributed by atoms with van der Waals surface area (Å²) in [5.74, 6) is 0.500. The van der Waals surface area contributed by atoms with E-state index in [2.05, 4.69) is 21.2 Å². The maximum atomic E-state index is 13.1. The number of hydrogen-bond acceptors (Lipinski definition) is 6. The summed E-state index contributed by atoms with van der Waals surface area (Å²) in [4.78, 5) is 14.7. The molecule has 0 amide bonds. The van der Waals surface area contributed by atoms with Crippen molar-refractivity contribution in [1.82, 2.24) is 14.8 Å². The maximum absolute atomic E-state index is 13.1. The molecule has 2 aromatic carbocycles. The molecule has 0 aliphatic carbocycles. The summed E-state index contributed by atoms with van der Waals surface area (Å²) in [7, 11) is 0. The molecule has 0 atom stereocenters. The minimum Gasteiger partial charge on any atom is -0.378 e. The maximum Gasteiger partial charge on any atom is 0.232 e. The molecule has 150 valence electrons. The lowest BCUT2D eigenvalue weighted by Crippen LogP contribution is -2.37. The van der Waals surface area contributed by atoms with E-state index in [1.165, 1.54) is 36.0 Å². The normalized spacial score (nSPS) is 14.2. The topological polar surface area (TPSA) is 60.2 Å². The van der Waals surface area contributed by atoms with Crippen LogP contribution in [0.15, 0.2) is 53.7 Å². The molecule has 0 unspecified atom stereocenters. The van der Waals surface area contributed by atoms with Crippen LogP contribution in [0.5, 0.6) is 0 Å². The second-order valence-corrected chi connectivity index (χ2v) is 7.72. The number of nitrogens with zero attached hydrogens (tertiary/aromatic N) is 4. The fraction of sp³-hybridized carbons (Fsp3) is 0.286. The number of ether oxygens (including phenoxy) is 1. The van der Waals surface area contributed by atoms with E-state index < -0.39 is 0 Å². The molecule has 0 radical (unpaired) electrons. The minimum atomic E-state index is -0.358. The number of carbonyl (C=O) groups is 1. The predicted molar refractivity (Wildman–Crippen MR) is 111 cm³/mol. The van der Waals surface area contributed by atoms with Gasteiger partial charge in [0.15, 0.2) is 10.9 Å². The van der Waals surface area contributed by atoms with Gasteiger partial charge in [-0.1, -0.05) is 23.9 Å². The van der Waals surface area contributed by atoms with Gasteiger partial charge in [-0.2, -0.15) is 0 Å². The van der Waals surface area contributed by atoms with Crippen molar-refractivity contribution in [3.05, 3.63) is 65.5 Å². The van der Waals surface area contributed by atoms with Crippen LogP contribution in [0.3, 0.4) is 0 Å². The Morgan fingerprint density at radius 2 is 1.90 bits per heavy atom. The minimum absolute atomic E-state index is 0.0817. The Hall–Kier alpha value is -2.71. The van der Waals surface area contributed by atoms with Crippen LogP contribution < -0.4 is 4.90 Å². The summed E-state index contributed by atoms with van der Waals surface area (Å²) in [6.45, 7) is 4.80. The van der Waals surface area contributed by atoms with Crippen LogP contribution in [0.1, 0.15) is 15.9 Å². The molecule has 1 aliphatic rings. The van der Waals surface area contributed by atoms with E-state index in [-0.39, 0.29) is 17.4 Å². The van der Waals surface area contributed by atoms with Crippen molar-refractivity contribution >= 4 is 23.5 Å². The van der Waals surface area contributed by atoms with Gasteiger partial charge in [-0.15, -0.1) is 10.2 Å². The number of morpholine rings is 1. The zero-order chi connectivity index (χ0) is 20.2. The van der Waals surface area contributed by atoms with E-state index in [0.29, 0.717) is 23.9 Å². The Bertz CT molecular complexity index is 1000. The average molecular weight is 412 g/mol. The molecular formula is C21H21FN4O2S. The second kappa shape index (κ2) is 8.75. The number of hydrogen-bond donors (Lipinski definition) is 0. The summed E-state index contributed by atoms with van der Waals surface area (Å²) in [5, 5.41) is 9.41. The molecule has 0 spiro atoms. The average Bonchev–Trinajstić information content (AvgIpc) is 3.17. The second-order valence-electron chi connectivity index (χ2n) is 6.78. The van der Waals surface area contributed by atoms with Crippen molar-refractivity contribution in [2.45, 2.75) is 12.1 Å². The summed E-state index contributed by atoms with van der Waals surface area (Å²) >= 11 is 1.33. The molecule has 1 aliphatic heterocycles. The smallest absolute Gasteiger partial charge is 0.232 e. The first kappa shape index (κ1) is 19.6. The highest BCUT2D eigenvalue weighted by atomic mass is 32.2. The number of benzene rings is 2. The Kier molecular flexibility index (Phi) is 5.92. The third-order valence-electron chi connectivity index (χ3n) is 4.67. The van der Waals surface area contributed by atoms with Crippen LogP contribution in [-0.4, -0.2) is 52.6 Å². The fourth-order valence-electron chi connectivity index (χ4n) is 3.17. The Morgan fingerprint density at radius 1 is 1.14 bits per heavy atom. The first-order valence-corrected chi connectivity index (χ1v) is 10.4. The van der Waals surface area contributed by atoms with Gasteiger partial charge in [-0.25, -0.2) is 4.39 Å². The van der Waals surface area contributed by atoms with Gasteiger partial charge >= 0.3 is 0 Å². The van der Waals surface area contributed by atoms with E-state index in [4.69, 9.17) is 4.74 Å². The monoisotopic (exact) mass is 412 g/mol. The van der Waals surface area contributed by atoms with E-state index in [1.54, 1.807) is 0 Å².